The number of nitrogens with two attached hydrogens (primary N) is 1. The predicted molar refractivity (Wildman–Crippen MR) is 82.5 cm³/mol. The zero-order chi connectivity index (χ0) is 14.3. The van der Waals surface area contributed by atoms with Crippen LogP contribution < -0.4 is 10.5 Å². The topological polar surface area (TPSA) is 64.7 Å². The van der Waals surface area contributed by atoms with Gasteiger partial charge in [-0.2, -0.15) is 0 Å². The maximum atomic E-state index is 8.92. The van der Waals surface area contributed by atoms with Crippen LogP contribution in [0.4, 0.5) is 0 Å². The first kappa shape index (κ1) is 16.9. The Hall–Kier alpha value is -0.140. The first-order valence-electron chi connectivity index (χ1n) is 6.16. The van der Waals surface area contributed by atoms with E-state index in [9.17, 15) is 0 Å². The highest BCUT2D eigenvalue weighted by molar-refractivity contribution is 9.11. The summed E-state index contributed by atoms with van der Waals surface area (Å²) in [7, 11) is 0. The average molecular weight is 397 g/mol. The molecule has 108 valence electrons. The lowest BCUT2D eigenvalue weighted by atomic mass is 10.1. The fourth-order valence-electron chi connectivity index (χ4n) is 1.58. The van der Waals surface area contributed by atoms with Crippen LogP contribution in [0.5, 0.6) is 5.75 Å². The molecule has 0 aromatic heterocycles. The van der Waals surface area contributed by atoms with Gasteiger partial charge >= 0.3 is 0 Å². The largest absolute Gasteiger partial charge is 0.489 e. The van der Waals surface area contributed by atoms with E-state index in [2.05, 4.69) is 31.9 Å². The van der Waals surface area contributed by atoms with E-state index in [-0.39, 0.29) is 12.6 Å². The Morgan fingerprint density at radius 3 is 2.42 bits per heavy atom. The van der Waals surface area contributed by atoms with E-state index in [0.717, 1.165) is 20.3 Å². The van der Waals surface area contributed by atoms with Gasteiger partial charge in [0.15, 0.2) is 0 Å². The Bertz CT molecular complexity index is 378. The minimum Gasteiger partial charge on any atom is -0.489 e. The molecule has 1 unspecified atom stereocenters. The van der Waals surface area contributed by atoms with Gasteiger partial charge < -0.3 is 20.3 Å². The molecule has 1 atom stereocenters. The normalized spacial score (nSPS) is 12.5. The van der Waals surface area contributed by atoms with Crippen molar-refractivity contribution in [1.29, 1.82) is 0 Å². The first-order valence-corrected chi connectivity index (χ1v) is 7.74. The fourth-order valence-corrected chi connectivity index (χ4v) is 3.03. The third-order valence-corrected chi connectivity index (χ3v) is 3.75. The van der Waals surface area contributed by atoms with Crippen LogP contribution in [-0.2, 0) is 4.74 Å². The number of rotatable bonds is 8. The number of ether oxygens (including phenoxy) is 2. The van der Waals surface area contributed by atoms with E-state index in [0.29, 0.717) is 26.2 Å². The second-order valence-corrected chi connectivity index (χ2v) is 5.69. The van der Waals surface area contributed by atoms with Crippen LogP contribution in [0.15, 0.2) is 21.1 Å². The lowest BCUT2D eigenvalue weighted by Gasteiger charge is -2.15. The van der Waals surface area contributed by atoms with Crippen molar-refractivity contribution >= 4 is 31.9 Å². The van der Waals surface area contributed by atoms with Gasteiger partial charge in [-0.3, -0.25) is 0 Å². The summed E-state index contributed by atoms with van der Waals surface area (Å²) in [6.45, 7) is 3.75. The minimum atomic E-state index is -0.185. The molecule has 0 spiro atoms. The highest BCUT2D eigenvalue weighted by Crippen LogP contribution is 2.36. The molecule has 0 bridgehead atoms. The Morgan fingerprint density at radius 2 is 1.89 bits per heavy atom. The summed E-state index contributed by atoms with van der Waals surface area (Å²) >= 11 is 6.95. The van der Waals surface area contributed by atoms with Crippen LogP contribution in [0, 0.1) is 0 Å². The van der Waals surface area contributed by atoms with E-state index in [1.807, 2.05) is 19.1 Å². The van der Waals surface area contributed by atoms with Crippen LogP contribution >= 0.6 is 31.9 Å². The third kappa shape index (κ3) is 5.39. The molecule has 0 amide bonds. The Balaban J connectivity index is 2.73. The van der Waals surface area contributed by atoms with Crippen molar-refractivity contribution in [3.8, 4) is 5.75 Å². The van der Waals surface area contributed by atoms with E-state index in [1.165, 1.54) is 0 Å². The lowest BCUT2D eigenvalue weighted by Crippen LogP contribution is -2.12. The molecule has 0 aliphatic rings. The summed E-state index contributed by atoms with van der Waals surface area (Å²) in [6, 6.07) is 3.65. The van der Waals surface area contributed by atoms with Crippen molar-refractivity contribution < 1.29 is 14.6 Å². The molecule has 1 rings (SSSR count). The second kappa shape index (κ2) is 8.92. The SMILES string of the molecule is CCOCCOc1c(Br)cc(C(N)CCO)cc1Br. The Kier molecular flexibility index (Phi) is 7.94. The van der Waals surface area contributed by atoms with Crippen molar-refractivity contribution in [2.45, 2.75) is 19.4 Å². The standard InChI is InChI=1S/C13H19Br2NO3/c1-2-18-5-6-19-13-10(14)7-9(8-11(13)15)12(16)3-4-17/h7-8,12,17H,2-6,16H2,1H3. The van der Waals surface area contributed by atoms with Gasteiger partial charge in [0.25, 0.3) is 0 Å². The molecular weight excluding hydrogens is 378 g/mol. The molecule has 0 radical (unpaired) electrons. The lowest BCUT2D eigenvalue weighted by molar-refractivity contribution is 0.109. The Morgan fingerprint density at radius 1 is 1.26 bits per heavy atom. The number of aliphatic hydroxyl groups is 1. The summed E-state index contributed by atoms with van der Waals surface area (Å²) < 4.78 is 12.6. The molecule has 0 aliphatic heterocycles. The van der Waals surface area contributed by atoms with E-state index < -0.39 is 0 Å². The number of hydrogen-bond acceptors (Lipinski definition) is 4. The molecule has 1 aromatic carbocycles. The van der Waals surface area contributed by atoms with Crippen LogP contribution in [0.2, 0.25) is 0 Å². The van der Waals surface area contributed by atoms with Gasteiger partial charge in [-0.1, -0.05) is 0 Å². The highest BCUT2D eigenvalue weighted by atomic mass is 79.9. The highest BCUT2D eigenvalue weighted by Gasteiger charge is 2.13. The molecule has 0 fully saturated rings. The average Bonchev–Trinajstić information content (AvgIpc) is 2.37. The molecule has 3 N–H and O–H groups in total. The molecule has 0 saturated heterocycles. The van der Waals surface area contributed by atoms with Crippen molar-refractivity contribution in [3.63, 3.8) is 0 Å². The van der Waals surface area contributed by atoms with Crippen LogP contribution in [0.25, 0.3) is 0 Å². The zero-order valence-corrected chi connectivity index (χ0v) is 14.0. The van der Waals surface area contributed by atoms with E-state index in [4.69, 9.17) is 20.3 Å². The monoisotopic (exact) mass is 395 g/mol. The minimum absolute atomic E-state index is 0.0724. The van der Waals surface area contributed by atoms with E-state index in [1.54, 1.807) is 0 Å². The quantitative estimate of drug-likeness (QED) is 0.663. The Labute approximate surface area is 130 Å². The fraction of sp³-hybridized carbons (Fsp3) is 0.538. The molecule has 0 saturated carbocycles. The summed E-state index contributed by atoms with van der Waals surface area (Å²) in [6.07, 6.45) is 0.531. The van der Waals surface area contributed by atoms with Gasteiger partial charge in [-0.15, -0.1) is 0 Å². The molecular formula is C13H19Br2NO3. The van der Waals surface area contributed by atoms with Crippen molar-refractivity contribution in [2.24, 2.45) is 5.73 Å². The van der Waals surface area contributed by atoms with Crippen molar-refractivity contribution in [2.75, 3.05) is 26.4 Å². The first-order chi connectivity index (χ1) is 9.10. The second-order valence-electron chi connectivity index (χ2n) is 3.98. The predicted octanol–water partition coefficient (Wildman–Crippen LogP) is 3.01. The van der Waals surface area contributed by atoms with Gasteiger partial charge in [0.2, 0.25) is 0 Å². The smallest absolute Gasteiger partial charge is 0.147 e. The molecule has 0 heterocycles. The van der Waals surface area contributed by atoms with Crippen molar-refractivity contribution in [1.82, 2.24) is 0 Å². The van der Waals surface area contributed by atoms with Crippen molar-refractivity contribution in [3.05, 3.63) is 26.6 Å². The van der Waals surface area contributed by atoms with Gasteiger partial charge in [-0.25, -0.2) is 0 Å². The van der Waals surface area contributed by atoms with Gasteiger partial charge in [0.05, 0.1) is 15.6 Å². The third-order valence-electron chi connectivity index (χ3n) is 2.57. The number of aliphatic hydroxyl groups excluding tert-OH is 1. The number of hydrogen-bond donors (Lipinski definition) is 2. The van der Waals surface area contributed by atoms with Crippen LogP contribution in [0.3, 0.4) is 0 Å². The molecule has 0 aliphatic carbocycles. The van der Waals surface area contributed by atoms with Crippen LogP contribution in [0.1, 0.15) is 24.9 Å². The summed E-state index contributed by atoms with van der Waals surface area (Å²) in [5.41, 5.74) is 6.92. The van der Waals surface area contributed by atoms with Crippen LogP contribution in [-0.4, -0.2) is 31.5 Å². The molecule has 19 heavy (non-hydrogen) atoms. The summed E-state index contributed by atoms with van der Waals surface area (Å²) in [5.74, 6) is 0.736. The van der Waals surface area contributed by atoms with E-state index >= 15 is 0 Å². The molecule has 4 nitrogen and oxygen atoms in total. The molecule has 6 heteroatoms. The van der Waals surface area contributed by atoms with Gasteiger partial charge in [0.1, 0.15) is 12.4 Å². The van der Waals surface area contributed by atoms with Gasteiger partial charge in [0, 0.05) is 19.3 Å². The molecule has 1 aromatic rings. The number of halogens is 2. The summed E-state index contributed by atoms with van der Waals surface area (Å²) in [5, 5.41) is 8.92. The maximum absolute atomic E-state index is 8.92. The van der Waals surface area contributed by atoms with Gasteiger partial charge in [-0.05, 0) is 62.9 Å². The zero-order valence-electron chi connectivity index (χ0n) is 10.9. The summed E-state index contributed by atoms with van der Waals surface area (Å²) in [4.78, 5) is 0. The maximum Gasteiger partial charge on any atom is 0.147 e. The number of benzene rings is 1.